The van der Waals surface area contributed by atoms with E-state index >= 15 is 0 Å². The van der Waals surface area contributed by atoms with Gasteiger partial charge in [0, 0.05) is 30.6 Å². The van der Waals surface area contributed by atoms with Crippen LogP contribution in [0.15, 0.2) is 72.9 Å². The molecular weight excluding hydrogens is 441 g/mol. The van der Waals surface area contributed by atoms with Crippen LogP contribution in [0.4, 0.5) is 15.8 Å². The fourth-order valence-electron chi connectivity index (χ4n) is 3.40. The predicted octanol–water partition coefficient (Wildman–Crippen LogP) is 5.13. The van der Waals surface area contributed by atoms with Crippen LogP contribution in [0.2, 0.25) is 5.02 Å². The molecule has 0 unspecified atom stereocenters. The summed E-state index contributed by atoms with van der Waals surface area (Å²) in [4.78, 5) is 12.5. The van der Waals surface area contributed by atoms with Crippen molar-refractivity contribution in [3.05, 3.63) is 95.0 Å². The molecule has 0 spiro atoms. The summed E-state index contributed by atoms with van der Waals surface area (Å²) in [7, 11) is 0. The van der Waals surface area contributed by atoms with E-state index in [1.165, 1.54) is 12.1 Å². The van der Waals surface area contributed by atoms with E-state index in [4.69, 9.17) is 17.3 Å². The highest BCUT2D eigenvalue weighted by molar-refractivity contribution is 6.30. The molecule has 0 aliphatic carbocycles. The van der Waals surface area contributed by atoms with Crippen LogP contribution in [0.5, 0.6) is 0 Å². The molecule has 0 saturated heterocycles. The first-order valence-electron chi connectivity index (χ1n) is 10.5. The number of nitrogens with one attached hydrogen (secondary N) is 1. The highest BCUT2D eigenvalue weighted by Crippen LogP contribution is 2.27. The normalized spacial score (nSPS) is 10.8. The van der Waals surface area contributed by atoms with Crippen molar-refractivity contribution in [2.75, 3.05) is 11.1 Å². The Labute approximate surface area is 196 Å². The molecule has 3 N–H and O–H groups in total. The standard InChI is InChI=1S/C25H23ClFN5O/c26-20-6-1-17(2-7-20)13-14-32-16-22(30-31-32)10-12-25(33)29-24-15-19(5-11-23(24)28)18-3-8-21(27)9-4-18/h1-9,11,15-16H,10,12-14,28H2,(H,29,33). The van der Waals surface area contributed by atoms with Gasteiger partial charge < -0.3 is 11.1 Å². The van der Waals surface area contributed by atoms with Crippen LogP contribution in [0.25, 0.3) is 11.1 Å². The van der Waals surface area contributed by atoms with E-state index in [1.54, 1.807) is 28.9 Å². The molecule has 0 aliphatic rings. The van der Waals surface area contributed by atoms with Gasteiger partial charge in [0.2, 0.25) is 5.91 Å². The third kappa shape index (κ3) is 6.17. The maximum absolute atomic E-state index is 13.2. The minimum Gasteiger partial charge on any atom is -0.397 e. The highest BCUT2D eigenvalue weighted by Gasteiger charge is 2.10. The second-order valence-corrected chi connectivity index (χ2v) is 8.14. The number of hydrogen-bond acceptors (Lipinski definition) is 4. The van der Waals surface area contributed by atoms with Crippen molar-refractivity contribution in [2.45, 2.75) is 25.8 Å². The summed E-state index contributed by atoms with van der Waals surface area (Å²) in [5.74, 6) is -0.474. The third-order valence-electron chi connectivity index (χ3n) is 5.24. The molecule has 0 atom stereocenters. The Balaban J connectivity index is 1.31. The molecule has 3 aromatic carbocycles. The molecule has 4 rings (SSSR count). The second kappa shape index (κ2) is 10.3. The van der Waals surface area contributed by atoms with Gasteiger partial charge in [-0.1, -0.05) is 47.1 Å². The maximum atomic E-state index is 13.2. The number of nitrogens with two attached hydrogens (primary N) is 1. The number of carbonyl (C=O) groups is 1. The third-order valence-corrected chi connectivity index (χ3v) is 5.49. The minimum absolute atomic E-state index is 0.173. The lowest BCUT2D eigenvalue weighted by Gasteiger charge is -2.10. The highest BCUT2D eigenvalue weighted by atomic mass is 35.5. The fraction of sp³-hybridized carbons (Fsp3) is 0.160. The van der Waals surface area contributed by atoms with Gasteiger partial charge in [0.25, 0.3) is 0 Å². The zero-order chi connectivity index (χ0) is 23.2. The molecule has 0 aliphatic heterocycles. The van der Waals surface area contributed by atoms with Crippen LogP contribution in [0.3, 0.4) is 0 Å². The average Bonchev–Trinajstić information content (AvgIpc) is 3.27. The monoisotopic (exact) mass is 463 g/mol. The van der Waals surface area contributed by atoms with Crippen LogP contribution in [0.1, 0.15) is 17.7 Å². The van der Waals surface area contributed by atoms with Crippen LogP contribution < -0.4 is 11.1 Å². The van der Waals surface area contributed by atoms with Gasteiger partial charge >= 0.3 is 0 Å². The Bertz CT molecular complexity index is 1240. The van der Waals surface area contributed by atoms with Crippen LogP contribution in [-0.2, 0) is 24.2 Å². The van der Waals surface area contributed by atoms with Crippen molar-refractivity contribution in [3.8, 4) is 11.1 Å². The number of nitrogens with zero attached hydrogens (tertiary/aromatic N) is 3. The predicted molar refractivity (Wildman–Crippen MR) is 128 cm³/mol. The lowest BCUT2D eigenvalue weighted by atomic mass is 10.0. The van der Waals surface area contributed by atoms with Crippen LogP contribution >= 0.6 is 11.6 Å². The number of aromatic nitrogens is 3. The van der Waals surface area contributed by atoms with E-state index in [-0.39, 0.29) is 18.1 Å². The number of amides is 1. The summed E-state index contributed by atoms with van der Waals surface area (Å²) in [5, 5.41) is 11.9. The Morgan fingerprint density at radius 3 is 2.48 bits per heavy atom. The van der Waals surface area contributed by atoms with Gasteiger partial charge in [-0.2, -0.15) is 0 Å². The van der Waals surface area contributed by atoms with Gasteiger partial charge in [-0.3, -0.25) is 9.48 Å². The van der Waals surface area contributed by atoms with Gasteiger partial charge in [0.15, 0.2) is 0 Å². The Hall–Kier alpha value is -3.71. The molecular formula is C25H23ClFN5O. The van der Waals surface area contributed by atoms with Crippen molar-refractivity contribution < 1.29 is 9.18 Å². The zero-order valence-electron chi connectivity index (χ0n) is 17.8. The molecule has 6 nitrogen and oxygen atoms in total. The number of anilines is 2. The topological polar surface area (TPSA) is 85.8 Å². The summed E-state index contributed by atoms with van der Waals surface area (Å²) >= 11 is 5.91. The lowest BCUT2D eigenvalue weighted by Crippen LogP contribution is -2.13. The van der Waals surface area contributed by atoms with Crippen molar-refractivity contribution in [2.24, 2.45) is 0 Å². The molecule has 0 saturated carbocycles. The van der Waals surface area contributed by atoms with Crippen molar-refractivity contribution in [1.29, 1.82) is 0 Å². The Morgan fingerprint density at radius 2 is 1.73 bits per heavy atom. The number of benzene rings is 3. The summed E-state index contributed by atoms with van der Waals surface area (Å²) in [6.45, 7) is 0.688. The quantitative estimate of drug-likeness (QED) is 0.354. The second-order valence-electron chi connectivity index (χ2n) is 7.71. The number of nitrogen functional groups attached to an aromatic ring is 1. The molecule has 168 valence electrons. The van der Waals surface area contributed by atoms with Gasteiger partial charge in [0.05, 0.1) is 17.1 Å². The van der Waals surface area contributed by atoms with Gasteiger partial charge in [0.1, 0.15) is 5.82 Å². The molecule has 1 heterocycles. The van der Waals surface area contributed by atoms with Gasteiger partial charge in [-0.15, -0.1) is 5.10 Å². The molecule has 1 aromatic heterocycles. The van der Waals surface area contributed by atoms with Crippen LogP contribution in [0, 0.1) is 5.82 Å². The van der Waals surface area contributed by atoms with Gasteiger partial charge in [-0.25, -0.2) is 4.39 Å². The molecule has 33 heavy (non-hydrogen) atoms. The average molecular weight is 464 g/mol. The Morgan fingerprint density at radius 1 is 1.00 bits per heavy atom. The largest absolute Gasteiger partial charge is 0.397 e. The van der Waals surface area contributed by atoms with E-state index in [2.05, 4.69) is 15.6 Å². The summed E-state index contributed by atoms with van der Waals surface area (Å²) in [6, 6.07) is 19.2. The maximum Gasteiger partial charge on any atom is 0.224 e. The summed E-state index contributed by atoms with van der Waals surface area (Å²) in [5.41, 5.74) is 10.6. The molecule has 0 fully saturated rings. The minimum atomic E-state index is -0.301. The van der Waals surface area contributed by atoms with Gasteiger partial charge in [-0.05, 0) is 59.5 Å². The molecule has 0 radical (unpaired) electrons. The molecule has 0 bridgehead atoms. The SMILES string of the molecule is Nc1ccc(-c2ccc(F)cc2)cc1NC(=O)CCc1cn(CCc2ccc(Cl)cc2)nn1. The summed E-state index contributed by atoms with van der Waals surface area (Å²) in [6.07, 6.45) is 3.37. The molecule has 8 heteroatoms. The fourth-order valence-corrected chi connectivity index (χ4v) is 3.52. The van der Waals surface area contributed by atoms with E-state index in [0.717, 1.165) is 28.8 Å². The van der Waals surface area contributed by atoms with E-state index in [1.807, 2.05) is 36.5 Å². The van der Waals surface area contributed by atoms with Crippen molar-refractivity contribution >= 4 is 28.9 Å². The number of carbonyl (C=O) groups excluding carboxylic acids is 1. The number of aryl methyl sites for hydroxylation is 3. The smallest absolute Gasteiger partial charge is 0.224 e. The number of halogens is 2. The van der Waals surface area contributed by atoms with E-state index < -0.39 is 0 Å². The van der Waals surface area contributed by atoms with E-state index in [9.17, 15) is 9.18 Å². The van der Waals surface area contributed by atoms with Crippen molar-refractivity contribution in [1.82, 2.24) is 15.0 Å². The number of rotatable bonds is 8. The first-order chi connectivity index (χ1) is 16.0. The van der Waals surface area contributed by atoms with Crippen LogP contribution in [-0.4, -0.2) is 20.9 Å². The Kier molecular flexibility index (Phi) is 7.00. The summed E-state index contributed by atoms with van der Waals surface area (Å²) < 4.78 is 15.0. The first-order valence-corrected chi connectivity index (χ1v) is 10.9. The zero-order valence-corrected chi connectivity index (χ0v) is 18.6. The lowest BCUT2D eigenvalue weighted by molar-refractivity contribution is -0.116. The molecule has 4 aromatic rings. The van der Waals surface area contributed by atoms with E-state index in [0.29, 0.717) is 29.4 Å². The molecule has 1 amide bonds. The number of hydrogen-bond donors (Lipinski definition) is 2. The van der Waals surface area contributed by atoms with Crippen molar-refractivity contribution in [3.63, 3.8) is 0 Å². The first kappa shape index (κ1) is 22.5.